The molecule has 1 heterocycles. The van der Waals surface area contributed by atoms with Gasteiger partial charge in [-0.05, 0) is 37.2 Å². The fraction of sp³-hybridized carbons (Fsp3) is 0.462. The Bertz CT molecular complexity index is 568. The van der Waals surface area contributed by atoms with Crippen LogP contribution in [-0.4, -0.2) is 51.2 Å². The number of carbonyl (C=O) groups is 1. The lowest BCUT2D eigenvalue weighted by Gasteiger charge is -2.19. The van der Waals surface area contributed by atoms with Crippen molar-refractivity contribution in [3.8, 4) is 0 Å². The van der Waals surface area contributed by atoms with E-state index >= 15 is 0 Å². The van der Waals surface area contributed by atoms with E-state index in [4.69, 9.17) is 11.6 Å². The number of carbonyl (C=O) groups excluding carboxylic acids is 1. The molecule has 118 valence electrons. The Morgan fingerprint density at radius 2 is 1.86 bits per heavy atom. The van der Waals surface area contributed by atoms with Gasteiger partial charge in [-0.25, -0.2) is 8.42 Å². The Labute approximate surface area is 136 Å². The van der Waals surface area contributed by atoms with Gasteiger partial charge in [-0.1, -0.05) is 11.6 Å². The zero-order valence-corrected chi connectivity index (χ0v) is 13.8. The first-order chi connectivity index (χ1) is 9.49. The second-order valence-electron chi connectivity index (χ2n) is 4.70. The van der Waals surface area contributed by atoms with Crippen LogP contribution in [0.15, 0.2) is 29.2 Å². The molecule has 5 nitrogen and oxygen atoms in total. The maximum absolute atomic E-state index is 12.2. The van der Waals surface area contributed by atoms with E-state index in [1.807, 2.05) is 0 Å². The predicted molar refractivity (Wildman–Crippen MR) is 84.8 cm³/mol. The van der Waals surface area contributed by atoms with Crippen molar-refractivity contribution < 1.29 is 13.2 Å². The van der Waals surface area contributed by atoms with E-state index in [1.54, 1.807) is 4.90 Å². The summed E-state index contributed by atoms with van der Waals surface area (Å²) in [6, 6.07) is 5.87. The fourth-order valence-electron chi connectivity index (χ4n) is 2.07. The van der Waals surface area contributed by atoms with Gasteiger partial charge in [-0.2, -0.15) is 0 Å². The maximum atomic E-state index is 12.2. The highest BCUT2D eigenvalue weighted by Gasteiger charge is 2.23. The summed E-state index contributed by atoms with van der Waals surface area (Å²) >= 11 is 5.73. The summed E-state index contributed by atoms with van der Waals surface area (Å²) in [4.78, 5) is 13.8. The lowest BCUT2D eigenvalue weighted by molar-refractivity contribution is -0.128. The Kier molecular flexibility index (Phi) is 6.93. The number of hydrogen-bond donors (Lipinski definition) is 1. The van der Waals surface area contributed by atoms with Gasteiger partial charge in [-0.15, -0.1) is 12.4 Å². The largest absolute Gasteiger partial charge is 0.340 e. The second kappa shape index (κ2) is 7.98. The number of halogens is 2. The molecule has 0 atom stereocenters. The predicted octanol–water partition coefficient (Wildman–Crippen LogP) is 1.36. The van der Waals surface area contributed by atoms with E-state index < -0.39 is 15.6 Å². The molecule has 1 aliphatic rings. The average molecular weight is 353 g/mol. The molecule has 0 unspecified atom stereocenters. The summed E-state index contributed by atoms with van der Waals surface area (Å²) in [7, 11) is -3.61. The number of nitrogens with zero attached hydrogens (tertiary/aromatic N) is 1. The zero-order chi connectivity index (χ0) is 14.6. The van der Waals surface area contributed by atoms with Gasteiger partial charge in [0.15, 0.2) is 9.84 Å². The van der Waals surface area contributed by atoms with E-state index in [0.717, 1.165) is 13.0 Å². The van der Waals surface area contributed by atoms with Crippen molar-refractivity contribution in [3.05, 3.63) is 29.3 Å². The monoisotopic (exact) mass is 352 g/mol. The normalized spacial score (nSPS) is 16.0. The Balaban J connectivity index is 0.00000220. The molecule has 8 heteroatoms. The number of hydrogen-bond acceptors (Lipinski definition) is 4. The Hall–Kier alpha value is -0.820. The standard InChI is InChI=1S/C13H17ClN2O3S.ClH/c14-11-2-4-12(5-3-11)20(18,19)10-13(17)16-8-1-6-15-7-9-16;/h2-5,15H,1,6-10H2;1H. The quantitative estimate of drug-likeness (QED) is 0.891. The first-order valence-electron chi connectivity index (χ1n) is 6.46. The van der Waals surface area contributed by atoms with Gasteiger partial charge in [0.1, 0.15) is 5.75 Å². The maximum Gasteiger partial charge on any atom is 0.238 e. The molecular weight excluding hydrogens is 335 g/mol. The van der Waals surface area contributed by atoms with Gasteiger partial charge in [0.25, 0.3) is 0 Å². The van der Waals surface area contributed by atoms with Crippen molar-refractivity contribution in [2.45, 2.75) is 11.3 Å². The van der Waals surface area contributed by atoms with Crippen LogP contribution in [0, 0.1) is 0 Å². The molecule has 1 aromatic rings. The first kappa shape index (κ1) is 18.2. The molecular formula is C13H18Cl2N2O3S. The molecule has 0 aromatic heterocycles. The molecule has 1 N–H and O–H groups in total. The molecule has 1 aliphatic heterocycles. The van der Waals surface area contributed by atoms with Crippen LogP contribution in [-0.2, 0) is 14.6 Å². The van der Waals surface area contributed by atoms with E-state index in [2.05, 4.69) is 5.32 Å². The first-order valence-corrected chi connectivity index (χ1v) is 8.49. The lowest BCUT2D eigenvalue weighted by Crippen LogP contribution is -2.38. The van der Waals surface area contributed by atoms with Crippen LogP contribution >= 0.6 is 24.0 Å². The molecule has 1 amide bonds. The number of nitrogens with one attached hydrogen (secondary N) is 1. The Morgan fingerprint density at radius 1 is 1.19 bits per heavy atom. The van der Waals surface area contributed by atoms with Gasteiger partial charge < -0.3 is 10.2 Å². The number of sulfone groups is 1. The highest BCUT2D eigenvalue weighted by atomic mass is 35.5. The smallest absolute Gasteiger partial charge is 0.238 e. The Morgan fingerprint density at radius 3 is 2.52 bits per heavy atom. The summed E-state index contributed by atoms with van der Waals surface area (Å²) in [5.74, 6) is -0.835. The van der Waals surface area contributed by atoms with Crippen LogP contribution in [0.4, 0.5) is 0 Å². The summed E-state index contributed by atoms with van der Waals surface area (Å²) in [5.41, 5.74) is 0. The minimum absolute atomic E-state index is 0. The SMILES string of the molecule is Cl.O=C(CS(=O)(=O)c1ccc(Cl)cc1)N1CCCNCC1. The van der Waals surface area contributed by atoms with Crippen LogP contribution in [0.2, 0.25) is 5.02 Å². The number of rotatable bonds is 3. The van der Waals surface area contributed by atoms with Crippen LogP contribution < -0.4 is 5.32 Å². The summed E-state index contributed by atoms with van der Waals surface area (Å²) in [5, 5.41) is 3.64. The van der Waals surface area contributed by atoms with Crippen molar-refractivity contribution >= 4 is 39.8 Å². The van der Waals surface area contributed by atoms with E-state index in [0.29, 0.717) is 24.7 Å². The van der Waals surface area contributed by atoms with Gasteiger partial charge >= 0.3 is 0 Å². The van der Waals surface area contributed by atoms with E-state index in [1.165, 1.54) is 24.3 Å². The minimum atomic E-state index is -3.61. The number of amides is 1. The molecule has 1 fully saturated rings. The highest BCUT2D eigenvalue weighted by Crippen LogP contribution is 2.16. The zero-order valence-electron chi connectivity index (χ0n) is 11.4. The highest BCUT2D eigenvalue weighted by molar-refractivity contribution is 7.92. The van der Waals surface area contributed by atoms with Crippen molar-refractivity contribution in [3.63, 3.8) is 0 Å². The van der Waals surface area contributed by atoms with E-state index in [9.17, 15) is 13.2 Å². The second-order valence-corrected chi connectivity index (χ2v) is 7.12. The molecule has 0 saturated carbocycles. The van der Waals surface area contributed by atoms with Crippen LogP contribution in [0.3, 0.4) is 0 Å². The van der Waals surface area contributed by atoms with Gasteiger partial charge in [0.05, 0.1) is 4.90 Å². The van der Waals surface area contributed by atoms with Crippen molar-refractivity contribution in [1.29, 1.82) is 0 Å². The average Bonchev–Trinajstić information content (AvgIpc) is 2.67. The minimum Gasteiger partial charge on any atom is -0.340 e. The van der Waals surface area contributed by atoms with E-state index in [-0.39, 0.29) is 23.2 Å². The van der Waals surface area contributed by atoms with Crippen molar-refractivity contribution in [1.82, 2.24) is 10.2 Å². The summed E-state index contributed by atoms with van der Waals surface area (Å²) in [6.07, 6.45) is 0.840. The molecule has 0 radical (unpaired) electrons. The van der Waals surface area contributed by atoms with Gasteiger partial charge in [0.2, 0.25) is 5.91 Å². The molecule has 1 aromatic carbocycles. The fourth-order valence-corrected chi connectivity index (χ4v) is 3.43. The molecule has 21 heavy (non-hydrogen) atoms. The molecule has 0 aliphatic carbocycles. The van der Waals surface area contributed by atoms with Crippen LogP contribution in [0.5, 0.6) is 0 Å². The van der Waals surface area contributed by atoms with Crippen molar-refractivity contribution in [2.24, 2.45) is 0 Å². The van der Waals surface area contributed by atoms with Crippen molar-refractivity contribution in [2.75, 3.05) is 31.9 Å². The molecule has 0 bridgehead atoms. The third-order valence-electron chi connectivity index (χ3n) is 3.18. The van der Waals surface area contributed by atoms with Crippen LogP contribution in [0.25, 0.3) is 0 Å². The lowest BCUT2D eigenvalue weighted by atomic mass is 10.4. The molecule has 2 rings (SSSR count). The summed E-state index contributed by atoms with van der Waals surface area (Å²) < 4.78 is 24.4. The van der Waals surface area contributed by atoms with Gasteiger partial charge in [0, 0.05) is 24.7 Å². The molecule has 1 saturated heterocycles. The number of benzene rings is 1. The summed E-state index contributed by atoms with van der Waals surface area (Å²) in [6.45, 7) is 2.71. The topological polar surface area (TPSA) is 66.5 Å². The molecule has 0 spiro atoms. The third kappa shape index (κ3) is 5.14. The van der Waals surface area contributed by atoms with Crippen LogP contribution in [0.1, 0.15) is 6.42 Å². The van der Waals surface area contributed by atoms with Gasteiger partial charge in [-0.3, -0.25) is 4.79 Å². The third-order valence-corrected chi connectivity index (χ3v) is 5.05.